The monoisotopic (exact) mass is 439 g/mol. The highest BCUT2D eigenvalue weighted by molar-refractivity contribution is 7.98. The van der Waals surface area contributed by atoms with Crippen LogP contribution < -0.4 is 10.1 Å². The lowest BCUT2D eigenvalue weighted by Crippen LogP contribution is -2.23. The molecule has 0 bridgehead atoms. The third kappa shape index (κ3) is 6.60. The summed E-state index contributed by atoms with van der Waals surface area (Å²) in [6.45, 7) is 5.81. The van der Waals surface area contributed by atoms with Crippen molar-refractivity contribution >= 4 is 17.7 Å². The van der Waals surface area contributed by atoms with Crippen LogP contribution in [0.15, 0.2) is 57.9 Å². The molecule has 0 saturated carbocycles. The molecular weight excluding hydrogens is 410 g/mol. The van der Waals surface area contributed by atoms with Gasteiger partial charge < -0.3 is 19.5 Å². The van der Waals surface area contributed by atoms with Crippen LogP contribution in [0.1, 0.15) is 32.9 Å². The van der Waals surface area contributed by atoms with Crippen molar-refractivity contribution in [1.82, 2.24) is 15.4 Å². The maximum absolute atomic E-state index is 12.8. The summed E-state index contributed by atoms with van der Waals surface area (Å²) >= 11 is 1.61. The number of nitrogens with zero attached hydrogens (tertiary/aromatic N) is 2. The zero-order chi connectivity index (χ0) is 22.2. The molecule has 3 rings (SSSR count). The van der Waals surface area contributed by atoms with E-state index in [1.165, 1.54) is 0 Å². The number of aromatic nitrogens is 1. The number of rotatable bonds is 10. The van der Waals surface area contributed by atoms with Crippen molar-refractivity contribution in [3.05, 3.63) is 76.7 Å². The maximum atomic E-state index is 12.8. The maximum Gasteiger partial charge on any atom is 0.252 e. The molecule has 0 saturated heterocycles. The van der Waals surface area contributed by atoms with Crippen LogP contribution in [0.3, 0.4) is 0 Å². The third-order valence-corrected chi connectivity index (χ3v) is 5.97. The number of hydrogen-bond acceptors (Lipinski definition) is 6. The third-order valence-electron chi connectivity index (χ3n) is 4.87. The van der Waals surface area contributed by atoms with E-state index in [1.54, 1.807) is 11.8 Å². The second-order valence-corrected chi connectivity index (χ2v) is 8.58. The van der Waals surface area contributed by atoms with E-state index in [2.05, 4.69) is 15.4 Å². The summed E-state index contributed by atoms with van der Waals surface area (Å²) in [6, 6.07) is 15.5. The molecule has 2 aromatic carbocycles. The number of thioether (sulfide) groups is 1. The SMILES string of the molecule is Cc1noc(C)c1CSc1ccccc1C(=O)NCc1ccc(OCCN(C)C)cc1. The highest BCUT2D eigenvalue weighted by Gasteiger charge is 2.14. The molecule has 0 spiro atoms. The zero-order valence-electron chi connectivity index (χ0n) is 18.5. The molecule has 0 aliphatic heterocycles. The number of aryl methyl sites for hydroxylation is 2. The summed E-state index contributed by atoms with van der Waals surface area (Å²) in [4.78, 5) is 15.8. The van der Waals surface area contributed by atoms with E-state index in [9.17, 15) is 4.79 Å². The highest BCUT2D eigenvalue weighted by Crippen LogP contribution is 2.28. The van der Waals surface area contributed by atoms with Gasteiger partial charge in [-0.15, -0.1) is 11.8 Å². The lowest BCUT2D eigenvalue weighted by molar-refractivity contribution is 0.0948. The highest BCUT2D eigenvalue weighted by atomic mass is 32.2. The van der Waals surface area contributed by atoms with E-state index in [-0.39, 0.29) is 5.91 Å². The fraction of sp³-hybridized carbons (Fsp3) is 0.333. The second kappa shape index (κ2) is 11.0. The summed E-state index contributed by atoms with van der Waals surface area (Å²) in [5.41, 5.74) is 3.66. The molecule has 1 aromatic heterocycles. The Bertz CT molecular complexity index is 980. The zero-order valence-corrected chi connectivity index (χ0v) is 19.3. The van der Waals surface area contributed by atoms with Crippen molar-refractivity contribution in [2.75, 3.05) is 27.2 Å². The van der Waals surface area contributed by atoms with Crippen molar-refractivity contribution in [2.24, 2.45) is 0 Å². The van der Waals surface area contributed by atoms with Gasteiger partial charge in [-0.3, -0.25) is 4.79 Å². The van der Waals surface area contributed by atoms with Gasteiger partial charge >= 0.3 is 0 Å². The molecule has 0 radical (unpaired) electrons. The molecule has 0 aliphatic rings. The van der Waals surface area contributed by atoms with Crippen LogP contribution in [0.25, 0.3) is 0 Å². The molecule has 1 N–H and O–H groups in total. The fourth-order valence-electron chi connectivity index (χ4n) is 2.97. The summed E-state index contributed by atoms with van der Waals surface area (Å²) in [5, 5.41) is 7.02. The normalized spacial score (nSPS) is 11.0. The lowest BCUT2D eigenvalue weighted by Gasteiger charge is -2.12. The number of likely N-dealkylation sites (N-methyl/N-ethyl adjacent to an activating group) is 1. The van der Waals surface area contributed by atoms with Gasteiger partial charge in [-0.1, -0.05) is 29.4 Å². The number of amides is 1. The van der Waals surface area contributed by atoms with Crippen LogP contribution in [-0.2, 0) is 12.3 Å². The van der Waals surface area contributed by atoms with Gasteiger partial charge in [0.15, 0.2) is 0 Å². The van der Waals surface area contributed by atoms with Crippen LogP contribution in [0, 0.1) is 13.8 Å². The summed E-state index contributed by atoms with van der Waals surface area (Å²) in [7, 11) is 4.03. The quantitative estimate of drug-likeness (QED) is 0.471. The Morgan fingerprint density at radius 2 is 1.87 bits per heavy atom. The van der Waals surface area contributed by atoms with Gasteiger partial charge in [0.05, 0.1) is 11.3 Å². The average molecular weight is 440 g/mol. The van der Waals surface area contributed by atoms with Crippen molar-refractivity contribution in [2.45, 2.75) is 31.0 Å². The predicted molar refractivity (Wildman–Crippen MR) is 124 cm³/mol. The summed E-state index contributed by atoms with van der Waals surface area (Å²) in [5.74, 6) is 2.27. The largest absolute Gasteiger partial charge is 0.492 e. The second-order valence-electron chi connectivity index (χ2n) is 7.57. The Morgan fingerprint density at radius 3 is 2.55 bits per heavy atom. The van der Waals surface area contributed by atoms with E-state index in [0.29, 0.717) is 24.5 Å². The molecule has 1 heterocycles. The minimum Gasteiger partial charge on any atom is -0.492 e. The first kappa shape index (κ1) is 22.9. The van der Waals surface area contributed by atoms with Gasteiger partial charge in [0.25, 0.3) is 5.91 Å². The Hall–Kier alpha value is -2.77. The van der Waals surface area contributed by atoms with Crippen molar-refractivity contribution in [3.8, 4) is 5.75 Å². The summed E-state index contributed by atoms with van der Waals surface area (Å²) < 4.78 is 10.9. The van der Waals surface area contributed by atoms with Crippen LogP contribution in [0.4, 0.5) is 0 Å². The van der Waals surface area contributed by atoms with Gasteiger partial charge in [-0.2, -0.15) is 0 Å². The molecule has 0 unspecified atom stereocenters. The molecule has 6 nitrogen and oxygen atoms in total. The predicted octanol–water partition coefficient (Wildman–Crippen LogP) is 4.45. The Balaban J connectivity index is 1.56. The molecule has 0 atom stereocenters. The molecule has 3 aromatic rings. The molecular formula is C24H29N3O3S. The van der Waals surface area contributed by atoms with Gasteiger partial charge in [-0.05, 0) is 57.8 Å². The van der Waals surface area contributed by atoms with Crippen molar-refractivity contribution in [3.63, 3.8) is 0 Å². The standard InChI is InChI=1S/C24H29N3O3S/c1-17-22(18(2)30-26-17)16-31-23-8-6-5-7-21(23)24(28)25-15-19-9-11-20(12-10-19)29-14-13-27(3)4/h5-12H,13-16H2,1-4H3,(H,25,28). The number of carbonyl (C=O) groups is 1. The van der Waals surface area contributed by atoms with E-state index in [0.717, 1.165) is 39.8 Å². The Labute approximate surface area is 188 Å². The van der Waals surface area contributed by atoms with Crippen molar-refractivity contribution in [1.29, 1.82) is 0 Å². The van der Waals surface area contributed by atoms with E-state index in [1.807, 2.05) is 76.5 Å². The van der Waals surface area contributed by atoms with E-state index in [4.69, 9.17) is 9.26 Å². The number of benzene rings is 2. The molecule has 0 aliphatic carbocycles. The first-order chi connectivity index (χ1) is 14.9. The fourth-order valence-corrected chi connectivity index (χ4v) is 4.17. The van der Waals surface area contributed by atoms with Crippen LogP contribution in [-0.4, -0.2) is 43.2 Å². The van der Waals surface area contributed by atoms with Crippen molar-refractivity contribution < 1.29 is 14.1 Å². The minimum absolute atomic E-state index is 0.0897. The average Bonchev–Trinajstić information content (AvgIpc) is 3.08. The van der Waals surface area contributed by atoms with E-state index < -0.39 is 0 Å². The number of nitrogens with one attached hydrogen (secondary N) is 1. The smallest absolute Gasteiger partial charge is 0.252 e. The van der Waals surface area contributed by atoms with Crippen LogP contribution >= 0.6 is 11.8 Å². The number of ether oxygens (including phenoxy) is 1. The van der Waals surface area contributed by atoms with Gasteiger partial charge in [0, 0.05) is 29.3 Å². The van der Waals surface area contributed by atoms with Gasteiger partial charge in [-0.25, -0.2) is 0 Å². The van der Waals surface area contributed by atoms with Gasteiger partial charge in [0.1, 0.15) is 18.1 Å². The lowest BCUT2D eigenvalue weighted by atomic mass is 10.2. The topological polar surface area (TPSA) is 67.6 Å². The summed E-state index contributed by atoms with van der Waals surface area (Å²) in [6.07, 6.45) is 0. The first-order valence-corrected chi connectivity index (χ1v) is 11.2. The Kier molecular flexibility index (Phi) is 8.14. The van der Waals surface area contributed by atoms with E-state index >= 15 is 0 Å². The number of carbonyl (C=O) groups excluding carboxylic acids is 1. The van der Waals surface area contributed by atoms with Gasteiger partial charge in [0.2, 0.25) is 0 Å². The Morgan fingerprint density at radius 1 is 1.13 bits per heavy atom. The first-order valence-electron chi connectivity index (χ1n) is 10.2. The number of hydrogen-bond donors (Lipinski definition) is 1. The molecule has 1 amide bonds. The minimum atomic E-state index is -0.0897. The molecule has 7 heteroatoms. The van der Waals surface area contributed by atoms with Crippen LogP contribution in [0.5, 0.6) is 5.75 Å². The molecule has 0 fully saturated rings. The molecule has 31 heavy (non-hydrogen) atoms. The molecule has 164 valence electrons. The van der Waals surface area contributed by atoms with Crippen LogP contribution in [0.2, 0.25) is 0 Å².